The number of aliphatic carboxylic acids is 1. The number of likely N-dealkylation sites (N-methyl/N-ethyl adjacent to an activating group) is 1. The summed E-state index contributed by atoms with van der Waals surface area (Å²) in [6.07, 6.45) is 4.11. The van der Waals surface area contributed by atoms with E-state index in [-0.39, 0.29) is 24.8 Å². The largest absolute Gasteiger partial charge is 0.481 e. The summed E-state index contributed by atoms with van der Waals surface area (Å²) in [4.78, 5) is 42.3. The maximum Gasteiger partial charge on any atom is 0.326 e. The van der Waals surface area contributed by atoms with Gasteiger partial charge in [0.1, 0.15) is 13.2 Å². The second kappa shape index (κ2) is 13.2. The van der Waals surface area contributed by atoms with E-state index in [0.717, 1.165) is 29.6 Å². The molecule has 194 valence electrons. The fourth-order valence-electron chi connectivity index (χ4n) is 3.90. The van der Waals surface area contributed by atoms with Crippen LogP contribution in [0.15, 0.2) is 47.0 Å². The lowest BCUT2D eigenvalue weighted by Gasteiger charge is -2.21. The van der Waals surface area contributed by atoms with Gasteiger partial charge in [0.15, 0.2) is 0 Å². The topological polar surface area (TPSA) is 90.4 Å². The van der Waals surface area contributed by atoms with Gasteiger partial charge < -0.3 is 19.6 Å². The van der Waals surface area contributed by atoms with Crippen molar-refractivity contribution in [3.05, 3.63) is 52.6 Å². The van der Waals surface area contributed by atoms with E-state index in [4.69, 9.17) is 17.0 Å². The van der Waals surface area contributed by atoms with E-state index in [0.29, 0.717) is 29.1 Å². The van der Waals surface area contributed by atoms with E-state index in [1.165, 1.54) is 4.90 Å². The van der Waals surface area contributed by atoms with Crippen molar-refractivity contribution in [3.63, 3.8) is 0 Å². The second-order valence-corrected chi connectivity index (χ2v) is 10.3. The zero-order chi connectivity index (χ0) is 26.2. The van der Waals surface area contributed by atoms with Crippen LogP contribution in [0.5, 0.6) is 0 Å². The minimum atomic E-state index is -0.912. The number of hydrogen-bond donors (Lipinski definition) is 2. The van der Waals surface area contributed by atoms with Gasteiger partial charge in [-0.25, -0.2) is 0 Å². The number of thiol groups is 1. The summed E-state index contributed by atoms with van der Waals surface area (Å²) in [5.41, 5.74) is 2.12. The van der Waals surface area contributed by atoms with Crippen LogP contribution in [0.25, 0.3) is 0 Å². The van der Waals surface area contributed by atoms with Crippen LogP contribution < -0.4 is 4.90 Å². The number of esters is 1. The second-order valence-electron chi connectivity index (χ2n) is 8.39. The lowest BCUT2D eigenvalue weighted by molar-refractivity contribution is -0.145. The van der Waals surface area contributed by atoms with Gasteiger partial charge in [0.2, 0.25) is 0 Å². The number of thioether (sulfide) groups is 1. The molecule has 2 aliphatic rings. The number of thiocarbonyl (C=S) groups is 1. The molecule has 2 heterocycles. The van der Waals surface area contributed by atoms with Crippen LogP contribution in [0.4, 0.5) is 5.69 Å². The van der Waals surface area contributed by atoms with Gasteiger partial charge in [-0.05, 0) is 30.7 Å². The molecule has 1 aromatic rings. The first-order valence-electron chi connectivity index (χ1n) is 11.7. The number of carbonyl (C=O) groups excluding carboxylic acids is 2. The van der Waals surface area contributed by atoms with Crippen LogP contribution in [-0.4, -0.2) is 89.1 Å². The van der Waals surface area contributed by atoms with Crippen LogP contribution in [0.2, 0.25) is 0 Å². The van der Waals surface area contributed by atoms with Crippen molar-refractivity contribution >= 4 is 65.1 Å². The van der Waals surface area contributed by atoms with Gasteiger partial charge in [-0.3, -0.25) is 19.3 Å². The molecule has 1 amide bonds. The molecule has 36 heavy (non-hydrogen) atoms. The van der Waals surface area contributed by atoms with Crippen molar-refractivity contribution < 1.29 is 24.2 Å². The van der Waals surface area contributed by atoms with Crippen LogP contribution in [0, 0.1) is 0 Å². The number of carbonyl (C=O) groups is 3. The number of amides is 1. The lowest BCUT2D eigenvalue weighted by atomic mass is 10.0. The predicted molar refractivity (Wildman–Crippen MR) is 150 cm³/mol. The third kappa shape index (κ3) is 7.04. The SMILES string of the molecule is CCN1CCS/C1=C\C=C1/CC(=S)N(CC(=O)OCCN(C)c2ccc(C(CS)C(=O)O)cc2)C1=O. The molecule has 0 saturated carbocycles. The van der Waals surface area contributed by atoms with Crippen LogP contribution >= 0.6 is 36.6 Å². The molecule has 0 bridgehead atoms. The van der Waals surface area contributed by atoms with E-state index in [2.05, 4.69) is 24.5 Å². The molecule has 2 aliphatic heterocycles. The van der Waals surface area contributed by atoms with Crippen molar-refractivity contribution in [1.29, 1.82) is 0 Å². The molecular weight excluding hydrogens is 518 g/mol. The Morgan fingerprint density at radius 1 is 1.31 bits per heavy atom. The third-order valence-electron chi connectivity index (χ3n) is 6.09. The number of nitrogens with zero attached hydrogens (tertiary/aromatic N) is 3. The van der Waals surface area contributed by atoms with Crippen LogP contribution in [0.1, 0.15) is 24.8 Å². The maximum atomic E-state index is 12.8. The minimum absolute atomic E-state index is 0.138. The molecule has 0 radical (unpaired) electrons. The molecule has 0 aliphatic carbocycles. The van der Waals surface area contributed by atoms with Crippen LogP contribution in [0.3, 0.4) is 0 Å². The summed E-state index contributed by atoms with van der Waals surface area (Å²) >= 11 is 11.2. The Balaban J connectivity index is 1.48. The average molecular weight is 550 g/mol. The first kappa shape index (κ1) is 28.1. The Labute approximate surface area is 226 Å². The minimum Gasteiger partial charge on any atom is -0.481 e. The molecule has 3 rings (SSSR count). The highest BCUT2D eigenvalue weighted by Crippen LogP contribution is 2.28. The maximum absolute atomic E-state index is 12.8. The van der Waals surface area contributed by atoms with Crippen molar-refractivity contribution in [2.45, 2.75) is 19.3 Å². The Morgan fingerprint density at radius 3 is 2.67 bits per heavy atom. The number of rotatable bonds is 11. The van der Waals surface area contributed by atoms with E-state index < -0.39 is 17.9 Å². The fourth-order valence-corrected chi connectivity index (χ4v) is 5.66. The van der Waals surface area contributed by atoms with Crippen molar-refractivity contribution in [1.82, 2.24) is 9.80 Å². The smallest absolute Gasteiger partial charge is 0.326 e. The van der Waals surface area contributed by atoms with Crippen LogP contribution in [-0.2, 0) is 19.1 Å². The van der Waals surface area contributed by atoms with Gasteiger partial charge in [-0.2, -0.15) is 12.6 Å². The van der Waals surface area contributed by atoms with E-state index >= 15 is 0 Å². The summed E-state index contributed by atoms with van der Waals surface area (Å²) in [5.74, 6) is -1.09. The number of likely N-dealkylation sites (tertiary alicyclic amines) is 1. The third-order valence-corrected chi connectivity index (χ3v) is 7.89. The highest BCUT2D eigenvalue weighted by atomic mass is 32.2. The fraction of sp³-hybridized carbons (Fsp3) is 0.440. The molecule has 1 atom stereocenters. The standard InChI is InChI=1S/C25H31N3O5S3/c1-3-27-11-13-36-22(27)9-6-18-14-21(35)28(24(18)30)15-23(29)33-12-10-26(2)19-7-4-17(5-8-19)20(16-34)25(31)32/h4-9,20,34H,3,10-16H2,1-2H3,(H,31,32)/b18-6+,22-9-. The highest BCUT2D eigenvalue weighted by molar-refractivity contribution is 8.03. The molecule has 11 heteroatoms. The molecule has 8 nitrogen and oxygen atoms in total. The van der Waals surface area contributed by atoms with Gasteiger partial charge in [-0.15, -0.1) is 11.8 Å². The summed E-state index contributed by atoms with van der Waals surface area (Å²) in [6.45, 7) is 4.39. The number of allylic oxidation sites excluding steroid dienone is 2. The highest BCUT2D eigenvalue weighted by Gasteiger charge is 2.32. The molecular formula is C25H31N3O5S3. The number of ether oxygens (including phenoxy) is 1. The number of anilines is 1. The first-order chi connectivity index (χ1) is 17.2. The number of carboxylic acid groups (broad SMARTS) is 1. The van der Waals surface area contributed by atoms with Gasteiger partial charge in [0.25, 0.3) is 5.91 Å². The number of carboxylic acids is 1. The number of benzene rings is 1. The molecule has 2 fully saturated rings. The Morgan fingerprint density at radius 2 is 2.03 bits per heavy atom. The average Bonchev–Trinajstić information content (AvgIpc) is 3.42. The first-order valence-corrected chi connectivity index (χ1v) is 13.7. The summed E-state index contributed by atoms with van der Waals surface area (Å²) in [6, 6.07) is 7.17. The van der Waals surface area contributed by atoms with Crippen molar-refractivity contribution in [3.8, 4) is 0 Å². The summed E-state index contributed by atoms with van der Waals surface area (Å²) in [7, 11) is 1.85. The van der Waals surface area contributed by atoms with Gasteiger partial charge in [-0.1, -0.05) is 30.4 Å². The molecule has 0 aromatic heterocycles. The normalized spacial score (nSPS) is 18.9. The molecule has 1 aromatic carbocycles. The zero-order valence-electron chi connectivity index (χ0n) is 20.4. The monoisotopic (exact) mass is 549 g/mol. The molecule has 1 unspecified atom stereocenters. The van der Waals surface area contributed by atoms with E-state index in [9.17, 15) is 19.5 Å². The van der Waals surface area contributed by atoms with E-state index in [1.54, 1.807) is 23.9 Å². The quantitative estimate of drug-likeness (QED) is 0.187. The summed E-state index contributed by atoms with van der Waals surface area (Å²) in [5, 5.41) is 10.4. The van der Waals surface area contributed by atoms with Crippen molar-refractivity contribution in [2.24, 2.45) is 0 Å². The molecule has 1 N–H and O–H groups in total. The molecule has 0 spiro atoms. The Bertz CT molecular complexity index is 1060. The van der Waals surface area contributed by atoms with Gasteiger partial charge in [0.05, 0.1) is 22.5 Å². The van der Waals surface area contributed by atoms with Crippen molar-refractivity contribution in [2.75, 3.05) is 56.2 Å². The Kier molecular flexibility index (Phi) is 10.3. The predicted octanol–water partition coefficient (Wildman–Crippen LogP) is 3.16. The summed E-state index contributed by atoms with van der Waals surface area (Å²) < 4.78 is 5.35. The van der Waals surface area contributed by atoms with Gasteiger partial charge in [0, 0.05) is 49.3 Å². The van der Waals surface area contributed by atoms with Gasteiger partial charge >= 0.3 is 11.9 Å². The zero-order valence-corrected chi connectivity index (χ0v) is 22.9. The Hall–Kier alpha value is -2.50. The molecule has 2 saturated heterocycles. The number of hydrogen-bond acceptors (Lipinski definition) is 9. The van der Waals surface area contributed by atoms with E-state index in [1.807, 2.05) is 36.2 Å². The lowest BCUT2D eigenvalue weighted by Crippen LogP contribution is -2.35.